The van der Waals surface area contributed by atoms with Crippen LogP contribution in [0.1, 0.15) is 63.8 Å². The Bertz CT molecular complexity index is 3650. The second kappa shape index (κ2) is 13.5. The molecule has 0 bridgehead atoms. The van der Waals surface area contributed by atoms with Crippen LogP contribution in [0.15, 0.2) is 173 Å². The molecule has 0 radical (unpaired) electrons. The molecule has 4 aromatic heterocycles. The lowest BCUT2D eigenvalue weighted by atomic mass is 9.59. The number of benzene rings is 8. The van der Waals surface area contributed by atoms with Crippen molar-refractivity contribution in [2.45, 2.75) is 52.4 Å². The third kappa shape index (κ3) is 5.18. The average Bonchev–Trinajstić information content (AvgIpc) is 4.04. The minimum atomic E-state index is -0.247. The zero-order valence-corrected chi connectivity index (χ0v) is 35.8. The van der Waals surface area contributed by atoms with E-state index in [4.69, 9.17) is 8.83 Å². The Labute approximate surface area is 355 Å². The van der Waals surface area contributed by atoms with E-state index in [-0.39, 0.29) is 10.8 Å². The van der Waals surface area contributed by atoms with E-state index in [1.165, 1.54) is 76.6 Å². The monoisotopic (exact) mass is 792 g/mol. The van der Waals surface area contributed by atoms with E-state index in [1.54, 1.807) is 0 Å². The molecule has 0 atom stereocenters. The molecule has 4 nitrogen and oxygen atoms in total. The van der Waals surface area contributed by atoms with Crippen LogP contribution < -0.4 is 0 Å². The van der Waals surface area contributed by atoms with Gasteiger partial charge in [-0.25, -0.2) is 0 Å². The van der Waals surface area contributed by atoms with Crippen molar-refractivity contribution >= 4 is 87.5 Å². The van der Waals surface area contributed by atoms with Crippen molar-refractivity contribution < 1.29 is 8.83 Å². The van der Waals surface area contributed by atoms with Crippen LogP contribution in [0.4, 0.5) is 0 Å². The Morgan fingerprint density at radius 1 is 0.377 bits per heavy atom. The predicted molar refractivity (Wildman–Crippen MR) is 258 cm³/mol. The summed E-state index contributed by atoms with van der Waals surface area (Å²) in [6.45, 7) is 13.7. The van der Waals surface area contributed by atoms with Gasteiger partial charge in [0.25, 0.3) is 0 Å². The van der Waals surface area contributed by atoms with Crippen LogP contribution >= 0.6 is 0 Å². The van der Waals surface area contributed by atoms with E-state index in [1.807, 2.05) is 56.3 Å². The molecule has 61 heavy (non-hydrogen) atoms. The topological polar surface area (TPSA) is 36.1 Å². The van der Waals surface area contributed by atoms with Crippen molar-refractivity contribution in [3.63, 3.8) is 0 Å². The molecular formula is C57H48N2O2. The van der Waals surface area contributed by atoms with Crippen LogP contribution in [0.2, 0.25) is 0 Å². The van der Waals surface area contributed by atoms with Gasteiger partial charge in [0.2, 0.25) is 0 Å². The molecule has 1 aliphatic rings. The van der Waals surface area contributed by atoms with Crippen LogP contribution in [0.3, 0.4) is 0 Å². The first-order valence-corrected chi connectivity index (χ1v) is 21.6. The largest absolute Gasteiger partial charge is 0.456 e. The van der Waals surface area contributed by atoms with Gasteiger partial charge in [-0.3, -0.25) is 0 Å². The molecule has 0 N–H and O–H groups in total. The fourth-order valence-electron chi connectivity index (χ4n) is 10.7. The number of hydrogen-bond acceptors (Lipinski definition) is 2. The Hall–Kier alpha value is -7.04. The molecule has 0 unspecified atom stereocenters. The lowest BCUT2D eigenvalue weighted by molar-refractivity contribution is 0.526. The van der Waals surface area contributed by atoms with E-state index < -0.39 is 0 Å². The molecule has 298 valence electrons. The quantitative estimate of drug-likeness (QED) is 0.166. The normalized spacial score (nSPS) is 14.1. The molecule has 8 aromatic carbocycles. The van der Waals surface area contributed by atoms with Crippen molar-refractivity contribution in [2.24, 2.45) is 7.05 Å². The number of rotatable bonds is 1. The fraction of sp³-hybridized carbons (Fsp3) is 0.158. The first-order chi connectivity index (χ1) is 29.7. The molecule has 12 aromatic rings. The van der Waals surface area contributed by atoms with Crippen molar-refractivity contribution in [1.29, 1.82) is 0 Å². The van der Waals surface area contributed by atoms with E-state index in [9.17, 15) is 0 Å². The first kappa shape index (κ1) is 37.0. The van der Waals surface area contributed by atoms with Crippen LogP contribution in [-0.2, 0) is 17.9 Å². The summed E-state index contributed by atoms with van der Waals surface area (Å²) in [6, 6.07) is 58.5. The lowest BCUT2D eigenvalue weighted by Gasteiger charge is -2.44. The second-order valence-electron chi connectivity index (χ2n) is 17.3. The number of para-hydroxylation sites is 5. The summed E-state index contributed by atoms with van der Waals surface area (Å²) in [4.78, 5) is 0. The lowest BCUT2D eigenvalue weighted by Crippen LogP contribution is -2.37. The number of fused-ring (bicyclic) bond motifs is 16. The van der Waals surface area contributed by atoms with Gasteiger partial charge in [-0.05, 0) is 70.8 Å². The van der Waals surface area contributed by atoms with Crippen molar-refractivity contribution in [1.82, 2.24) is 9.13 Å². The summed E-state index contributed by atoms with van der Waals surface area (Å²) in [6.07, 6.45) is 0. The third-order valence-electron chi connectivity index (χ3n) is 13.4. The van der Waals surface area contributed by atoms with Gasteiger partial charge in [-0.1, -0.05) is 157 Å². The van der Waals surface area contributed by atoms with Gasteiger partial charge in [0, 0.05) is 72.2 Å². The smallest absolute Gasteiger partial charge is 0.135 e. The summed E-state index contributed by atoms with van der Waals surface area (Å²) in [5.41, 5.74) is 15.3. The standard InChI is InChI=1S/C43H34N2O.C12H8O.C2H6/c1-42(2)33-22-20-30-27-13-7-10-16-35(27)45(25-18-23-37-31(24-25)28-14-8-11-17-36(28)46-37)41(30)39(33)43(3,4)32-21-19-29-26-12-6-9-15-34(26)44(5)40(29)38(32)42;1-3-7-11-9(5-1)10-6-2-4-8-12(10)13-11;1-2/h6-24H,1-5H3;1-8H;1-2H3. The zero-order chi connectivity index (χ0) is 41.8. The summed E-state index contributed by atoms with van der Waals surface area (Å²) in [7, 11) is 2.24. The fourth-order valence-corrected chi connectivity index (χ4v) is 10.7. The highest BCUT2D eigenvalue weighted by Gasteiger charge is 2.45. The predicted octanol–water partition coefficient (Wildman–Crippen LogP) is 15.9. The second-order valence-corrected chi connectivity index (χ2v) is 17.3. The van der Waals surface area contributed by atoms with Crippen molar-refractivity contribution in [2.75, 3.05) is 0 Å². The van der Waals surface area contributed by atoms with E-state index in [0.29, 0.717) is 0 Å². The van der Waals surface area contributed by atoms with Gasteiger partial charge in [-0.2, -0.15) is 0 Å². The number of aromatic nitrogens is 2. The SMILES string of the molecule is CC.Cn1c2ccccc2c2ccc3c(c21)C(C)(C)c1ccc2c4ccccc4n(-c4ccc5oc6ccccc6c5c4)c2c1C3(C)C.c1ccc2c(c1)oc1ccccc12. The van der Waals surface area contributed by atoms with Crippen LogP contribution in [0, 0.1) is 0 Å². The summed E-state index contributed by atoms with van der Waals surface area (Å²) < 4.78 is 16.8. The van der Waals surface area contributed by atoms with Crippen LogP contribution in [0.25, 0.3) is 93.2 Å². The molecule has 0 saturated carbocycles. The Balaban J connectivity index is 0.000000236. The minimum Gasteiger partial charge on any atom is -0.456 e. The molecule has 0 spiro atoms. The highest BCUT2D eigenvalue weighted by Crippen LogP contribution is 2.55. The molecule has 4 heterocycles. The summed E-state index contributed by atoms with van der Waals surface area (Å²) in [5, 5.41) is 9.91. The van der Waals surface area contributed by atoms with Gasteiger partial charge < -0.3 is 18.0 Å². The number of aryl methyl sites for hydroxylation is 1. The maximum absolute atomic E-state index is 6.25. The van der Waals surface area contributed by atoms with Crippen LogP contribution in [-0.4, -0.2) is 9.13 Å². The maximum Gasteiger partial charge on any atom is 0.135 e. The number of hydrogen-bond donors (Lipinski definition) is 0. The Morgan fingerprint density at radius 2 is 0.787 bits per heavy atom. The van der Waals surface area contributed by atoms with Crippen molar-refractivity contribution in [3.05, 3.63) is 186 Å². The molecule has 0 amide bonds. The van der Waals surface area contributed by atoms with Gasteiger partial charge in [0.15, 0.2) is 0 Å². The molecule has 0 aliphatic heterocycles. The maximum atomic E-state index is 6.25. The van der Waals surface area contributed by atoms with Gasteiger partial charge in [0.1, 0.15) is 22.3 Å². The van der Waals surface area contributed by atoms with Gasteiger partial charge in [-0.15, -0.1) is 0 Å². The van der Waals surface area contributed by atoms with Crippen molar-refractivity contribution in [3.8, 4) is 5.69 Å². The summed E-state index contributed by atoms with van der Waals surface area (Å²) in [5.74, 6) is 0. The van der Waals surface area contributed by atoms with E-state index >= 15 is 0 Å². The van der Waals surface area contributed by atoms with E-state index in [0.717, 1.165) is 38.8 Å². The molecule has 13 rings (SSSR count). The molecular weight excluding hydrogens is 745 g/mol. The highest BCUT2D eigenvalue weighted by molar-refractivity contribution is 6.14. The first-order valence-electron chi connectivity index (χ1n) is 21.6. The zero-order valence-electron chi connectivity index (χ0n) is 35.8. The number of nitrogens with zero attached hydrogens (tertiary/aromatic N) is 2. The summed E-state index contributed by atoms with van der Waals surface area (Å²) >= 11 is 0. The van der Waals surface area contributed by atoms with E-state index in [2.05, 4.69) is 165 Å². The Morgan fingerprint density at radius 3 is 1.34 bits per heavy atom. The molecule has 4 heteroatoms. The van der Waals surface area contributed by atoms with Crippen LogP contribution in [0.5, 0.6) is 0 Å². The molecule has 0 fully saturated rings. The third-order valence-corrected chi connectivity index (χ3v) is 13.4. The van der Waals surface area contributed by atoms with Gasteiger partial charge in [0.05, 0.1) is 16.6 Å². The minimum absolute atomic E-state index is 0.220. The van der Waals surface area contributed by atoms with Gasteiger partial charge >= 0.3 is 0 Å². The Kier molecular flexibility index (Phi) is 8.18. The molecule has 1 aliphatic carbocycles. The highest BCUT2D eigenvalue weighted by atomic mass is 16.3. The average molecular weight is 793 g/mol. The number of furan rings is 2. The molecule has 0 saturated heterocycles.